The van der Waals surface area contributed by atoms with Crippen LogP contribution in [0, 0.1) is 5.92 Å². The highest BCUT2D eigenvalue weighted by molar-refractivity contribution is 5.80. The zero-order valence-corrected chi connectivity index (χ0v) is 11.8. The summed E-state index contributed by atoms with van der Waals surface area (Å²) in [5.41, 5.74) is 2.18. The van der Waals surface area contributed by atoms with Crippen molar-refractivity contribution in [3.05, 3.63) is 41.6 Å². The third-order valence-electron chi connectivity index (χ3n) is 3.12. The first kappa shape index (κ1) is 13.8. The molecule has 0 saturated heterocycles. The summed E-state index contributed by atoms with van der Waals surface area (Å²) >= 11 is 0. The Balaban J connectivity index is 2.28. The van der Waals surface area contributed by atoms with Crippen LogP contribution in [0.1, 0.15) is 44.5 Å². The fourth-order valence-electron chi connectivity index (χ4n) is 2.27. The van der Waals surface area contributed by atoms with Crippen LogP contribution in [0.25, 0.3) is 6.08 Å². The molecule has 1 atom stereocenters. The second kappa shape index (κ2) is 6.02. The highest BCUT2D eigenvalue weighted by Crippen LogP contribution is 2.31. The molecule has 3 nitrogen and oxygen atoms in total. The molecule has 102 valence electrons. The van der Waals surface area contributed by atoms with E-state index in [1.54, 1.807) is 4.90 Å². The smallest absolute Gasteiger partial charge is 0.229 e. The summed E-state index contributed by atoms with van der Waals surface area (Å²) in [6, 6.07) is 8.05. The lowest BCUT2D eigenvalue weighted by Gasteiger charge is -2.33. The number of hydrogen-bond donors (Lipinski definition) is 0. The minimum atomic E-state index is -0.294. The molecule has 0 fully saturated rings. The second-order valence-electron chi connectivity index (χ2n) is 5.15. The normalized spacial score (nSPS) is 17.7. The molecule has 0 aliphatic carbocycles. The van der Waals surface area contributed by atoms with Gasteiger partial charge in [-0.05, 0) is 24.5 Å². The Morgan fingerprint density at radius 1 is 1.37 bits per heavy atom. The zero-order valence-electron chi connectivity index (χ0n) is 11.8. The first-order chi connectivity index (χ1) is 9.13. The van der Waals surface area contributed by atoms with Crippen molar-refractivity contribution in [3.63, 3.8) is 0 Å². The number of hydrogen-bond acceptors (Lipinski definition) is 2. The minimum absolute atomic E-state index is 0.110. The van der Waals surface area contributed by atoms with E-state index in [2.05, 4.69) is 13.8 Å². The van der Waals surface area contributed by atoms with Crippen LogP contribution < -0.4 is 0 Å². The van der Waals surface area contributed by atoms with Crippen LogP contribution in [0.5, 0.6) is 0 Å². The zero-order chi connectivity index (χ0) is 13.8. The molecule has 0 spiro atoms. The molecule has 0 radical (unpaired) electrons. The Kier molecular flexibility index (Phi) is 4.38. The first-order valence-corrected chi connectivity index (χ1v) is 6.83. The van der Waals surface area contributed by atoms with Gasteiger partial charge in [0.1, 0.15) is 0 Å². The molecule has 3 heteroatoms. The number of ether oxygens (including phenoxy) is 1. The predicted molar refractivity (Wildman–Crippen MR) is 76.1 cm³/mol. The molecule has 1 aliphatic rings. The van der Waals surface area contributed by atoms with Crippen LogP contribution >= 0.6 is 0 Å². The molecule has 1 aromatic rings. The SMILES string of the molecule is CCOC1c2ccccc2C=CN1C(=O)CC(C)C. The van der Waals surface area contributed by atoms with Crippen molar-refractivity contribution in [1.29, 1.82) is 0 Å². The van der Waals surface area contributed by atoms with Crippen molar-refractivity contribution in [3.8, 4) is 0 Å². The van der Waals surface area contributed by atoms with E-state index in [0.29, 0.717) is 18.9 Å². The molecule has 1 amide bonds. The van der Waals surface area contributed by atoms with Gasteiger partial charge in [-0.1, -0.05) is 38.1 Å². The minimum Gasteiger partial charge on any atom is -0.354 e. The fraction of sp³-hybridized carbons (Fsp3) is 0.438. The van der Waals surface area contributed by atoms with Crippen LogP contribution in [-0.2, 0) is 9.53 Å². The number of benzene rings is 1. The van der Waals surface area contributed by atoms with E-state index in [1.165, 1.54) is 0 Å². The molecule has 0 N–H and O–H groups in total. The number of carbonyl (C=O) groups excluding carboxylic acids is 1. The number of nitrogens with zero attached hydrogens (tertiary/aromatic N) is 1. The highest BCUT2D eigenvalue weighted by Gasteiger charge is 2.28. The maximum Gasteiger partial charge on any atom is 0.229 e. The second-order valence-corrected chi connectivity index (χ2v) is 5.15. The van der Waals surface area contributed by atoms with Gasteiger partial charge in [0.2, 0.25) is 5.91 Å². The molecule has 0 bridgehead atoms. The van der Waals surface area contributed by atoms with Gasteiger partial charge in [-0.15, -0.1) is 0 Å². The standard InChI is InChI=1S/C16H21NO2/c1-4-19-16-14-8-6-5-7-13(14)9-10-17(16)15(18)11-12(2)3/h5-10,12,16H,4,11H2,1-3H3. The van der Waals surface area contributed by atoms with E-state index in [0.717, 1.165) is 11.1 Å². The Morgan fingerprint density at radius 2 is 2.11 bits per heavy atom. The molecule has 0 aromatic heterocycles. The molecule has 0 saturated carbocycles. The maximum atomic E-state index is 12.3. The van der Waals surface area contributed by atoms with E-state index in [4.69, 9.17) is 4.74 Å². The van der Waals surface area contributed by atoms with Crippen LogP contribution in [0.4, 0.5) is 0 Å². The van der Waals surface area contributed by atoms with E-state index in [9.17, 15) is 4.79 Å². The molecule has 1 aromatic carbocycles. The summed E-state index contributed by atoms with van der Waals surface area (Å²) in [7, 11) is 0. The quantitative estimate of drug-likeness (QED) is 0.827. The summed E-state index contributed by atoms with van der Waals surface area (Å²) in [5, 5.41) is 0. The lowest BCUT2D eigenvalue weighted by Crippen LogP contribution is -2.34. The molecule has 1 aliphatic heterocycles. The topological polar surface area (TPSA) is 29.5 Å². The fourth-order valence-corrected chi connectivity index (χ4v) is 2.27. The molecule has 1 heterocycles. The Labute approximate surface area is 114 Å². The highest BCUT2D eigenvalue weighted by atomic mass is 16.5. The van der Waals surface area contributed by atoms with Crippen molar-refractivity contribution in [2.24, 2.45) is 5.92 Å². The van der Waals surface area contributed by atoms with E-state index in [1.807, 2.05) is 43.5 Å². The Bertz CT molecular complexity index is 479. The number of rotatable bonds is 4. The number of fused-ring (bicyclic) bond motifs is 1. The summed E-state index contributed by atoms with van der Waals surface area (Å²) in [4.78, 5) is 14.0. The van der Waals surface area contributed by atoms with Gasteiger partial charge < -0.3 is 4.74 Å². The molecule has 19 heavy (non-hydrogen) atoms. The van der Waals surface area contributed by atoms with Crippen molar-refractivity contribution in [2.75, 3.05) is 6.61 Å². The van der Waals surface area contributed by atoms with Gasteiger partial charge in [0.05, 0.1) is 0 Å². The van der Waals surface area contributed by atoms with E-state index in [-0.39, 0.29) is 12.1 Å². The van der Waals surface area contributed by atoms with Gasteiger partial charge >= 0.3 is 0 Å². The lowest BCUT2D eigenvalue weighted by molar-refractivity contribution is -0.142. The summed E-state index contributed by atoms with van der Waals surface area (Å²) in [5.74, 6) is 0.458. The average Bonchev–Trinajstić information content (AvgIpc) is 2.38. The maximum absolute atomic E-state index is 12.3. The van der Waals surface area contributed by atoms with Crippen LogP contribution in [-0.4, -0.2) is 17.4 Å². The van der Waals surface area contributed by atoms with Gasteiger partial charge in [-0.25, -0.2) is 0 Å². The van der Waals surface area contributed by atoms with Gasteiger partial charge in [-0.2, -0.15) is 0 Å². The van der Waals surface area contributed by atoms with Crippen molar-refractivity contribution in [2.45, 2.75) is 33.4 Å². The van der Waals surface area contributed by atoms with Crippen LogP contribution in [0.15, 0.2) is 30.5 Å². The third-order valence-corrected chi connectivity index (χ3v) is 3.12. The summed E-state index contributed by atoms with van der Waals surface area (Å²) in [6.07, 6.45) is 4.06. The van der Waals surface area contributed by atoms with E-state index < -0.39 is 0 Å². The number of amides is 1. The van der Waals surface area contributed by atoms with E-state index >= 15 is 0 Å². The van der Waals surface area contributed by atoms with Gasteiger partial charge in [-0.3, -0.25) is 9.69 Å². The van der Waals surface area contributed by atoms with Crippen LogP contribution in [0.3, 0.4) is 0 Å². The Morgan fingerprint density at radius 3 is 2.79 bits per heavy atom. The summed E-state index contributed by atoms with van der Waals surface area (Å²) < 4.78 is 5.78. The van der Waals surface area contributed by atoms with Crippen LogP contribution in [0.2, 0.25) is 0 Å². The molecule has 1 unspecified atom stereocenters. The summed E-state index contributed by atoms with van der Waals surface area (Å²) in [6.45, 7) is 6.63. The van der Waals surface area contributed by atoms with Crippen molar-refractivity contribution < 1.29 is 9.53 Å². The first-order valence-electron chi connectivity index (χ1n) is 6.83. The molecular weight excluding hydrogens is 238 g/mol. The third kappa shape index (κ3) is 3.04. The van der Waals surface area contributed by atoms with Gasteiger partial charge in [0.25, 0.3) is 0 Å². The van der Waals surface area contributed by atoms with Crippen molar-refractivity contribution in [1.82, 2.24) is 4.90 Å². The largest absolute Gasteiger partial charge is 0.354 e. The molecular formula is C16H21NO2. The Hall–Kier alpha value is -1.61. The van der Waals surface area contributed by atoms with Crippen molar-refractivity contribution >= 4 is 12.0 Å². The molecule has 2 rings (SSSR count). The van der Waals surface area contributed by atoms with Gasteiger partial charge in [0, 0.05) is 24.8 Å². The average molecular weight is 259 g/mol. The number of carbonyl (C=O) groups is 1. The monoisotopic (exact) mass is 259 g/mol. The van der Waals surface area contributed by atoms with Gasteiger partial charge in [0.15, 0.2) is 6.23 Å². The lowest BCUT2D eigenvalue weighted by atomic mass is 10.0. The predicted octanol–water partition coefficient (Wildman–Crippen LogP) is 3.58.